The summed E-state index contributed by atoms with van der Waals surface area (Å²) in [6.45, 7) is 8.64. The zero-order valence-electron chi connectivity index (χ0n) is 9.66. The van der Waals surface area contributed by atoms with Crippen LogP contribution in [0.15, 0.2) is 0 Å². The zero-order chi connectivity index (χ0) is 10.8. The molecule has 0 radical (unpaired) electrons. The van der Waals surface area contributed by atoms with Crippen molar-refractivity contribution in [1.82, 2.24) is 0 Å². The molecule has 0 aromatic rings. The molecule has 0 fully saturated rings. The number of aliphatic hydroxyl groups excluding tert-OH is 1. The van der Waals surface area contributed by atoms with Gasteiger partial charge >= 0.3 is 0 Å². The van der Waals surface area contributed by atoms with Crippen LogP contribution in [0, 0.1) is 5.92 Å². The lowest BCUT2D eigenvalue weighted by Gasteiger charge is -2.19. The Hall–Kier alpha value is -0.120. The Balaban J connectivity index is 3.55. The van der Waals surface area contributed by atoms with Crippen molar-refractivity contribution in [3.05, 3.63) is 0 Å². The molecule has 1 N–H and O–H groups in total. The Kier molecular flexibility index (Phi) is 9.35. The summed E-state index contributed by atoms with van der Waals surface area (Å²) in [4.78, 5) is 0. The molecule has 0 bridgehead atoms. The predicted octanol–water partition coefficient (Wildman–Crippen LogP) is 1.84. The first kappa shape index (κ1) is 13.9. The number of rotatable bonds is 9. The highest BCUT2D eigenvalue weighted by molar-refractivity contribution is 4.63. The summed E-state index contributed by atoms with van der Waals surface area (Å²) in [5.41, 5.74) is 0. The van der Waals surface area contributed by atoms with Gasteiger partial charge in [0.05, 0.1) is 19.3 Å². The van der Waals surface area contributed by atoms with E-state index in [1.54, 1.807) is 6.92 Å². The molecule has 0 aromatic heterocycles. The van der Waals surface area contributed by atoms with Gasteiger partial charge in [0, 0.05) is 19.1 Å². The van der Waals surface area contributed by atoms with Crippen molar-refractivity contribution in [3.8, 4) is 0 Å². The van der Waals surface area contributed by atoms with Crippen LogP contribution in [0.1, 0.15) is 33.6 Å². The molecule has 14 heavy (non-hydrogen) atoms. The highest BCUT2D eigenvalue weighted by atomic mass is 16.5. The van der Waals surface area contributed by atoms with Crippen LogP contribution in [0.5, 0.6) is 0 Å². The molecule has 3 nitrogen and oxygen atoms in total. The number of hydrogen-bond donors (Lipinski definition) is 1. The molecule has 0 aliphatic heterocycles. The topological polar surface area (TPSA) is 38.7 Å². The second-order valence-corrected chi connectivity index (χ2v) is 3.65. The highest BCUT2D eigenvalue weighted by Gasteiger charge is 2.15. The Morgan fingerprint density at radius 1 is 1.00 bits per heavy atom. The fourth-order valence-corrected chi connectivity index (χ4v) is 1.08. The van der Waals surface area contributed by atoms with E-state index in [1.807, 2.05) is 0 Å². The third-order valence-electron chi connectivity index (χ3n) is 2.04. The quantitative estimate of drug-likeness (QED) is 0.582. The molecule has 0 aliphatic rings. The van der Waals surface area contributed by atoms with Gasteiger partial charge in [-0.1, -0.05) is 13.8 Å². The molecule has 0 aliphatic carbocycles. The smallest absolute Gasteiger partial charge is 0.0584 e. The molecular weight excluding hydrogens is 180 g/mol. The van der Waals surface area contributed by atoms with Gasteiger partial charge in [0.25, 0.3) is 0 Å². The van der Waals surface area contributed by atoms with Crippen LogP contribution >= 0.6 is 0 Å². The third kappa shape index (κ3) is 7.30. The van der Waals surface area contributed by atoms with Gasteiger partial charge in [0.1, 0.15) is 0 Å². The second-order valence-electron chi connectivity index (χ2n) is 3.65. The Bertz CT molecular complexity index is 105. The summed E-state index contributed by atoms with van der Waals surface area (Å²) >= 11 is 0. The average molecular weight is 204 g/mol. The molecular formula is C11H24O3. The molecule has 0 saturated carbocycles. The van der Waals surface area contributed by atoms with E-state index in [0.717, 1.165) is 26.1 Å². The lowest BCUT2D eigenvalue weighted by atomic mass is 10.1. The first-order chi connectivity index (χ1) is 6.72. The Labute approximate surface area is 87.4 Å². The largest absolute Gasteiger partial charge is 0.393 e. The van der Waals surface area contributed by atoms with Gasteiger partial charge in [-0.05, 0) is 19.8 Å². The van der Waals surface area contributed by atoms with Crippen LogP contribution in [0.3, 0.4) is 0 Å². The van der Waals surface area contributed by atoms with Crippen molar-refractivity contribution < 1.29 is 14.6 Å². The van der Waals surface area contributed by atoms with Gasteiger partial charge in [-0.15, -0.1) is 0 Å². The van der Waals surface area contributed by atoms with Crippen LogP contribution in [0.25, 0.3) is 0 Å². The van der Waals surface area contributed by atoms with Crippen molar-refractivity contribution in [3.63, 3.8) is 0 Å². The summed E-state index contributed by atoms with van der Waals surface area (Å²) in [6, 6.07) is 0. The van der Waals surface area contributed by atoms with E-state index in [4.69, 9.17) is 9.47 Å². The molecule has 0 spiro atoms. The minimum atomic E-state index is -0.358. The van der Waals surface area contributed by atoms with Crippen molar-refractivity contribution >= 4 is 0 Å². The van der Waals surface area contributed by atoms with Crippen LogP contribution in [-0.2, 0) is 9.47 Å². The van der Waals surface area contributed by atoms with E-state index in [9.17, 15) is 5.11 Å². The van der Waals surface area contributed by atoms with Crippen molar-refractivity contribution in [2.24, 2.45) is 5.92 Å². The zero-order valence-corrected chi connectivity index (χ0v) is 9.66. The molecule has 0 amide bonds. The molecule has 3 heteroatoms. The van der Waals surface area contributed by atoms with Gasteiger partial charge < -0.3 is 14.6 Å². The summed E-state index contributed by atoms with van der Waals surface area (Å²) in [7, 11) is 0. The summed E-state index contributed by atoms with van der Waals surface area (Å²) in [5.74, 6) is 0.105. The predicted molar refractivity (Wildman–Crippen MR) is 57.4 cm³/mol. The number of aliphatic hydroxyl groups is 1. The van der Waals surface area contributed by atoms with Crippen LogP contribution in [0.2, 0.25) is 0 Å². The maximum Gasteiger partial charge on any atom is 0.0584 e. The molecule has 86 valence electrons. The molecule has 1 atom stereocenters. The van der Waals surface area contributed by atoms with Gasteiger partial charge in [-0.2, -0.15) is 0 Å². The van der Waals surface area contributed by atoms with Gasteiger partial charge in [-0.25, -0.2) is 0 Å². The van der Waals surface area contributed by atoms with E-state index in [2.05, 4.69) is 13.8 Å². The van der Waals surface area contributed by atoms with E-state index in [1.165, 1.54) is 0 Å². The first-order valence-electron chi connectivity index (χ1n) is 5.55. The SMILES string of the molecule is CCCOCC(COCCC)C(C)O. The minimum absolute atomic E-state index is 0.105. The fraction of sp³-hybridized carbons (Fsp3) is 1.00. The molecule has 0 heterocycles. The normalized spacial score (nSPS) is 13.5. The van der Waals surface area contributed by atoms with Crippen molar-refractivity contribution in [1.29, 1.82) is 0 Å². The van der Waals surface area contributed by atoms with E-state index in [-0.39, 0.29) is 12.0 Å². The summed E-state index contributed by atoms with van der Waals surface area (Å²) < 4.78 is 10.8. The van der Waals surface area contributed by atoms with Crippen molar-refractivity contribution in [2.45, 2.75) is 39.7 Å². The Morgan fingerprint density at radius 3 is 1.71 bits per heavy atom. The number of hydrogen-bond acceptors (Lipinski definition) is 3. The van der Waals surface area contributed by atoms with E-state index >= 15 is 0 Å². The standard InChI is InChI=1S/C11H24O3/c1-4-6-13-8-11(10(3)12)9-14-7-5-2/h10-12H,4-9H2,1-3H3. The molecule has 0 saturated heterocycles. The maximum absolute atomic E-state index is 9.45. The fourth-order valence-electron chi connectivity index (χ4n) is 1.08. The summed E-state index contributed by atoms with van der Waals surface area (Å²) in [6.07, 6.45) is 1.67. The maximum atomic E-state index is 9.45. The third-order valence-corrected chi connectivity index (χ3v) is 2.04. The van der Waals surface area contributed by atoms with Gasteiger partial charge in [0.2, 0.25) is 0 Å². The highest BCUT2D eigenvalue weighted by Crippen LogP contribution is 2.05. The van der Waals surface area contributed by atoms with Crippen LogP contribution in [0.4, 0.5) is 0 Å². The molecule has 0 aromatic carbocycles. The second kappa shape index (κ2) is 9.44. The van der Waals surface area contributed by atoms with E-state index < -0.39 is 0 Å². The number of ether oxygens (including phenoxy) is 2. The molecule has 0 rings (SSSR count). The Morgan fingerprint density at radius 2 is 1.43 bits per heavy atom. The lowest BCUT2D eigenvalue weighted by molar-refractivity contribution is -0.0138. The van der Waals surface area contributed by atoms with E-state index in [0.29, 0.717) is 13.2 Å². The van der Waals surface area contributed by atoms with Gasteiger partial charge in [-0.3, -0.25) is 0 Å². The van der Waals surface area contributed by atoms with Crippen molar-refractivity contribution in [2.75, 3.05) is 26.4 Å². The molecule has 1 unspecified atom stereocenters. The van der Waals surface area contributed by atoms with Crippen LogP contribution in [-0.4, -0.2) is 37.6 Å². The minimum Gasteiger partial charge on any atom is -0.393 e. The average Bonchev–Trinajstić information content (AvgIpc) is 2.15. The van der Waals surface area contributed by atoms with Gasteiger partial charge in [0.15, 0.2) is 0 Å². The lowest BCUT2D eigenvalue weighted by Crippen LogP contribution is -2.27. The van der Waals surface area contributed by atoms with Crippen LogP contribution < -0.4 is 0 Å². The monoisotopic (exact) mass is 204 g/mol. The summed E-state index contributed by atoms with van der Waals surface area (Å²) in [5, 5.41) is 9.45. The first-order valence-corrected chi connectivity index (χ1v) is 5.55.